The van der Waals surface area contributed by atoms with Crippen LogP contribution in [0.1, 0.15) is 28.9 Å². The minimum atomic E-state index is -0.936. The van der Waals surface area contributed by atoms with Crippen LogP contribution in [0.25, 0.3) is 11.1 Å². The molecule has 3 aromatic rings. The number of aromatic amines is 1. The predicted molar refractivity (Wildman–Crippen MR) is 114 cm³/mol. The number of pyridine rings is 1. The van der Waals surface area contributed by atoms with Crippen molar-refractivity contribution < 1.29 is 9.59 Å². The van der Waals surface area contributed by atoms with E-state index in [0.717, 1.165) is 23.1 Å². The fraction of sp³-hybridized carbons (Fsp3) is 0.304. The van der Waals surface area contributed by atoms with Crippen LogP contribution in [-0.2, 0) is 11.2 Å². The van der Waals surface area contributed by atoms with E-state index < -0.39 is 5.54 Å². The normalized spacial score (nSPS) is 18.4. The van der Waals surface area contributed by atoms with Gasteiger partial charge in [0.1, 0.15) is 11.2 Å². The summed E-state index contributed by atoms with van der Waals surface area (Å²) in [6, 6.07) is 13.6. The summed E-state index contributed by atoms with van der Waals surface area (Å²) in [4.78, 5) is 34.2. The first-order valence-corrected chi connectivity index (χ1v) is 10.0. The average molecular weight is 403 g/mol. The number of benzene rings is 1. The Morgan fingerprint density at radius 1 is 1.10 bits per heavy atom. The van der Waals surface area contributed by atoms with Crippen molar-refractivity contribution in [3.63, 3.8) is 0 Å². The first kappa shape index (κ1) is 19.8. The number of aromatic nitrogens is 3. The summed E-state index contributed by atoms with van der Waals surface area (Å²) in [7, 11) is 3.49. The minimum Gasteiger partial charge on any atom is -0.347 e. The first-order chi connectivity index (χ1) is 14.5. The number of carbonyl (C=O) groups is 2. The van der Waals surface area contributed by atoms with Gasteiger partial charge in [0.15, 0.2) is 0 Å². The third-order valence-electron chi connectivity index (χ3n) is 5.76. The molecule has 1 aliphatic heterocycles. The van der Waals surface area contributed by atoms with Crippen LogP contribution < -0.4 is 0 Å². The van der Waals surface area contributed by atoms with E-state index in [9.17, 15) is 9.59 Å². The van der Waals surface area contributed by atoms with Gasteiger partial charge >= 0.3 is 0 Å². The summed E-state index contributed by atoms with van der Waals surface area (Å²) in [5.41, 5.74) is 2.58. The quantitative estimate of drug-likeness (QED) is 0.710. The molecule has 1 N–H and O–H groups in total. The van der Waals surface area contributed by atoms with E-state index in [4.69, 9.17) is 0 Å². The second kappa shape index (κ2) is 8.10. The van der Waals surface area contributed by atoms with Crippen LogP contribution in [0.15, 0.2) is 61.1 Å². The Kier molecular flexibility index (Phi) is 5.35. The Bertz CT molecular complexity index is 1030. The lowest BCUT2D eigenvalue weighted by Crippen LogP contribution is -2.58. The van der Waals surface area contributed by atoms with E-state index in [2.05, 4.69) is 21.2 Å². The largest absolute Gasteiger partial charge is 0.347 e. The van der Waals surface area contributed by atoms with Gasteiger partial charge < -0.3 is 9.80 Å². The van der Waals surface area contributed by atoms with Gasteiger partial charge in [0.05, 0.1) is 0 Å². The Balaban J connectivity index is 1.78. The molecule has 4 rings (SSSR count). The summed E-state index contributed by atoms with van der Waals surface area (Å²) in [5, 5.41) is 6.65. The molecule has 2 amide bonds. The second-order valence-electron chi connectivity index (χ2n) is 7.83. The van der Waals surface area contributed by atoms with Crippen molar-refractivity contribution in [2.45, 2.75) is 24.8 Å². The maximum atomic E-state index is 13.5. The minimum absolute atomic E-state index is 0.0580. The molecule has 2 aromatic heterocycles. The van der Waals surface area contributed by atoms with Crippen LogP contribution in [0.2, 0.25) is 0 Å². The lowest BCUT2D eigenvalue weighted by molar-refractivity contribution is -0.139. The molecule has 0 saturated carbocycles. The zero-order valence-corrected chi connectivity index (χ0v) is 17.2. The molecule has 1 fully saturated rings. The van der Waals surface area contributed by atoms with Crippen molar-refractivity contribution >= 4 is 11.8 Å². The average Bonchev–Trinajstić information content (AvgIpc) is 3.45. The molecular weight excluding hydrogens is 378 g/mol. The Morgan fingerprint density at radius 2 is 1.87 bits per heavy atom. The third-order valence-corrected chi connectivity index (χ3v) is 5.76. The summed E-state index contributed by atoms with van der Waals surface area (Å²) >= 11 is 0. The summed E-state index contributed by atoms with van der Waals surface area (Å²) in [6.45, 7) is 0.537. The van der Waals surface area contributed by atoms with E-state index in [1.165, 1.54) is 0 Å². The zero-order chi connectivity index (χ0) is 21.1. The van der Waals surface area contributed by atoms with E-state index >= 15 is 0 Å². The van der Waals surface area contributed by atoms with Gasteiger partial charge in [-0.3, -0.25) is 19.7 Å². The highest BCUT2D eigenvalue weighted by Gasteiger charge is 2.50. The molecule has 30 heavy (non-hydrogen) atoms. The van der Waals surface area contributed by atoms with Crippen LogP contribution in [0, 0.1) is 0 Å². The third kappa shape index (κ3) is 3.47. The molecule has 1 saturated heterocycles. The molecule has 7 heteroatoms. The lowest BCUT2D eigenvalue weighted by Gasteiger charge is -2.39. The monoisotopic (exact) mass is 403 g/mol. The van der Waals surface area contributed by atoms with Crippen LogP contribution in [0.4, 0.5) is 0 Å². The van der Waals surface area contributed by atoms with Gasteiger partial charge in [0.25, 0.3) is 5.91 Å². The van der Waals surface area contributed by atoms with Crippen molar-refractivity contribution in [2.24, 2.45) is 0 Å². The number of hydrogen-bond donors (Lipinski definition) is 1. The fourth-order valence-corrected chi connectivity index (χ4v) is 4.40. The molecule has 0 bridgehead atoms. The molecule has 7 nitrogen and oxygen atoms in total. The number of likely N-dealkylation sites (N-methyl/N-ethyl adjacent to an activating group) is 1. The molecular formula is C23H25N5O2. The van der Waals surface area contributed by atoms with Crippen molar-refractivity contribution in [3.8, 4) is 11.1 Å². The van der Waals surface area contributed by atoms with E-state index in [-0.39, 0.29) is 11.8 Å². The molecule has 154 valence electrons. The van der Waals surface area contributed by atoms with Gasteiger partial charge in [-0.2, -0.15) is 5.10 Å². The smallest absolute Gasteiger partial charge is 0.272 e. The van der Waals surface area contributed by atoms with Crippen LogP contribution >= 0.6 is 0 Å². The maximum Gasteiger partial charge on any atom is 0.272 e. The number of nitrogens with one attached hydrogen (secondary N) is 1. The molecule has 0 spiro atoms. The van der Waals surface area contributed by atoms with Gasteiger partial charge in [0.2, 0.25) is 5.91 Å². The summed E-state index contributed by atoms with van der Waals surface area (Å²) in [5.74, 6) is -0.251. The van der Waals surface area contributed by atoms with Gasteiger partial charge in [-0.25, -0.2) is 0 Å². The van der Waals surface area contributed by atoms with Gasteiger partial charge in [-0.1, -0.05) is 24.3 Å². The molecule has 1 aliphatic rings. The SMILES string of the molecule is CN(C)C(=O)C1(Cc2ccccc2-c2ccncc2)CCCN1C(=O)c1ccn[nH]1. The highest BCUT2D eigenvalue weighted by atomic mass is 16.2. The molecule has 1 unspecified atom stereocenters. The van der Waals surface area contributed by atoms with E-state index in [0.29, 0.717) is 25.1 Å². The number of nitrogens with zero attached hydrogens (tertiary/aromatic N) is 4. The number of H-pyrrole nitrogens is 1. The van der Waals surface area contributed by atoms with Crippen molar-refractivity contribution in [2.75, 3.05) is 20.6 Å². The van der Waals surface area contributed by atoms with Crippen LogP contribution in [0.5, 0.6) is 0 Å². The highest BCUT2D eigenvalue weighted by molar-refractivity contribution is 5.98. The Morgan fingerprint density at radius 3 is 2.57 bits per heavy atom. The summed E-state index contributed by atoms with van der Waals surface area (Å²) in [6.07, 6.45) is 6.91. The number of likely N-dealkylation sites (tertiary alicyclic amines) is 1. The maximum absolute atomic E-state index is 13.5. The zero-order valence-electron chi connectivity index (χ0n) is 17.2. The van der Waals surface area contributed by atoms with Crippen molar-refractivity contribution in [3.05, 3.63) is 72.3 Å². The second-order valence-corrected chi connectivity index (χ2v) is 7.83. The van der Waals surface area contributed by atoms with Gasteiger partial charge in [-0.15, -0.1) is 0 Å². The fourth-order valence-electron chi connectivity index (χ4n) is 4.40. The number of carbonyl (C=O) groups excluding carboxylic acids is 2. The van der Waals surface area contributed by atoms with Crippen LogP contribution in [0.3, 0.4) is 0 Å². The number of hydrogen-bond acceptors (Lipinski definition) is 4. The van der Waals surface area contributed by atoms with Crippen molar-refractivity contribution in [1.29, 1.82) is 0 Å². The molecule has 1 aromatic carbocycles. The van der Waals surface area contributed by atoms with Gasteiger partial charge in [-0.05, 0) is 47.7 Å². The van der Waals surface area contributed by atoms with Gasteiger partial charge in [0, 0.05) is 45.7 Å². The standard InChI is InChI=1S/C23H25N5O2/c1-27(2)22(30)23(11-5-15-28(23)21(29)20-10-14-25-26-20)16-18-6-3-4-7-19(18)17-8-12-24-13-9-17/h3-4,6-10,12-14H,5,11,15-16H2,1-2H3,(H,25,26). The summed E-state index contributed by atoms with van der Waals surface area (Å²) < 4.78 is 0. The molecule has 0 aliphatic carbocycles. The van der Waals surface area contributed by atoms with E-state index in [1.54, 1.807) is 48.6 Å². The molecule has 3 heterocycles. The predicted octanol–water partition coefficient (Wildman–Crippen LogP) is 2.78. The molecule has 1 atom stereocenters. The molecule has 0 radical (unpaired) electrons. The number of amides is 2. The van der Waals surface area contributed by atoms with Crippen molar-refractivity contribution in [1.82, 2.24) is 25.0 Å². The highest BCUT2D eigenvalue weighted by Crippen LogP contribution is 2.37. The Labute approximate surface area is 175 Å². The van der Waals surface area contributed by atoms with Crippen LogP contribution in [-0.4, -0.2) is 63.0 Å². The number of rotatable bonds is 5. The lowest BCUT2D eigenvalue weighted by atomic mass is 9.83. The Hall–Kier alpha value is -3.48. The van der Waals surface area contributed by atoms with E-state index in [1.807, 2.05) is 30.3 Å². The topological polar surface area (TPSA) is 82.2 Å². The first-order valence-electron chi connectivity index (χ1n) is 10.0.